The normalized spacial score (nSPS) is 16.9. The monoisotopic (exact) mass is 368 g/mol. The summed E-state index contributed by atoms with van der Waals surface area (Å²) in [6.07, 6.45) is 2.77. The number of rotatable bonds is 7. The van der Waals surface area contributed by atoms with Crippen molar-refractivity contribution in [2.45, 2.75) is 49.3 Å². The van der Waals surface area contributed by atoms with Gasteiger partial charge in [-0.25, -0.2) is 0 Å². The molecule has 1 N–H and O–H groups in total. The predicted octanol–water partition coefficient (Wildman–Crippen LogP) is 4.51. The molecule has 0 aromatic heterocycles. The second-order valence-corrected chi connectivity index (χ2v) is 8.77. The van der Waals surface area contributed by atoms with E-state index in [9.17, 15) is 4.79 Å². The summed E-state index contributed by atoms with van der Waals surface area (Å²) in [6, 6.07) is 19.2. The quantitative estimate of drug-likeness (QED) is 0.730. The van der Waals surface area contributed by atoms with Gasteiger partial charge in [0.05, 0.1) is 6.42 Å². The molecule has 0 saturated carbocycles. The van der Waals surface area contributed by atoms with Crippen molar-refractivity contribution in [3.05, 3.63) is 60.2 Å². The molecule has 0 aliphatic carbocycles. The molecular formula is C22H28N2OS. The van der Waals surface area contributed by atoms with E-state index >= 15 is 0 Å². The molecular weight excluding hydrogens is 340 g/mol. The van der Waals surface area contributed by atoms with Gasteiger partial charge in [0.2, 0.25) is 5.91 Å². The highest BCUT2D eigenvalue weighted by molar-refractivity contribution is 7.99. The number of hydrogen-bond acceptors (Lipinski definition) is 3. The molecule has 1 aliphatic rings. The first kappa shape index (κ1) is 18.8. The van der Waals surface area contributed by atoms with Crippen LogP contribution < -0.4 is 10.2 Å². The summed E-state index contributed by atoms with van der Waals surface area (Å²) in [7, 11) is 0. The molecule has 3 rings (SSSR count). The van der Waals surface area contributed by atoms with E-state index in [1.807, 2.05) is 17.8 Å². The Kier molecular flexibility index (Phi) is 6.62. The van der Waals surface area contributed by atoms with Crippen molar-refractivity contribution < 1.29 is 4.79 Å². The highest BCUT2D eigenvalue weighted by Gasteiger charge is 2.24. The Balaban J connectivity index is 1.49. The highest BCUT2D eigenvalue weighted by atomic mass is 32.2. The van der Waals surface area contributed by atoms with Crippen LogP contribution in [0.2, 0.25) is 0 Å². The van der Waals surface area contributed by atoms with Crippen LogP contribution in [0.4, 0.5) is 5.69 Å². The molecule has 3 nitrogen and oxygen atoms in total. The second kappa shape index (κ2) is 9.13. The molecule has 1 atom stereocenters. The topological polar surface area (TPSA) is 32.3 Å². The Labute approximate surface area is 161 Å². The van der Waals surface area contributed by atoms with Gasteiger partial charge in [0.15, 0.2) is 0 Å². The van der Waals surface area contributed by atoms with Crippen LogP contribution in [-0.4, -0.2) is 30.3 Å². The van der Waals surface area contributed by atoms with Gasteiger partial charge in [-0.05, 0) is 42.7 Å². The Bertz CT molecular complexity index is 700. The number of anilines is 1. The van der Waals surface area contributed by atoms with Crippen molar-refractivity contribution in [2.75, 3.05) is 18.0 Å². The van der Waals surface area contributed by atoms with E-state index in [4.69, 9.17) is 0 Å². The van der Waals surface area contributed by atoms with E-state index in [1.54, 1.807) is 0 Å². The summed E-state index contributed by atoms with van der Waals surface area (Å²) in [5.41, 5.74) is 2.32. The van der Waals surface area contributed by atoms with Crippen molar-refractivity contribution >= 4 is 23.4 Å². The van der Waals surface area contributed by atoms with Crippen LogP contribution in [-0.2, 0) is 11.2 Å². The Morgan fingerprint density at radius 3 is 2.58 bits per heavy atom. The third-order valence-electron chi connectivity index (χ3n) is 4.66. The van der Waals surface area contributed by atoms with Crippen molar-refractivity contribution in [1.82, 2.24) is 5.32 Å². The summed E-state index contributed by atoms with van der Waals surface area (Å²) in [5.74, 6) is 0.106. The molecule has 1 heterocycles. The van der Waals surface area contributed by atoms with Gasteiger partial charge in [0, 0.05) is 35.0 Å². The summed E-state index contributed by atoms with van der Waals surface area (Å²) in [5, 5.41) is 3.71. The SMILES string of the molecule is CC(C)Sc1ccc(CC(=O)NCC2CCCN2c2ccccc2)cc1. The van der Waals surface area contributed by atoms with Crippen LogP contribution in [0, 0.1) is 0 Å². The van der Waals surface area contributed by atoms with E-state index in [-0.39, 0.29) is 5.91 Å². The lowest BCUT2D eigenvalue weighted by atomic mass is 10.1. The van der Waals surface area contributed by atoms with Gasteiger partial charge in [0.25, 0.3) is 0 Å². The van der Waals surface area contributed by atoms with E-state index in [2.05, 4.69) is 72.6 Å². The standard InChI is InChI=1S/C22H28N2OS/c1-17(2)26-21-12-10-18(11-13-21)15-22(25)23-16-20-9-6-14-24(20)19-7-4-3-5-8-19/h3-5,7-8,10-13,17,20H,6,9,14-16H2,1-2H3,(H,23,25). The average Bonchev–Trinajstić information content (AvgIpc) is 3.11. The number of amides is 1. The third-order valence-corrected chi connectivity index (χ3v) is 5.68. The van der Waals surface area contributed by atoms with Gasteiger partial charge in [-0.2, -0.15) is 0 Å². The Morgan fingerprint density at radius 1 is 1.15 bits per heavy atom. The zero-order valence-electron chi connectivity index (χ0n) is 15.7. The first-order valence-electron chi connectivity index (χ1n) is 9.46. The molecule has 1 amide bonds. The Hall–Kier alpha value is -1.94. The lowest BCUT2D eigenvalue weighted by Gasteiger charge is -2.27. The van der Waals surface area contributed by atoms with E-state index in [1.165, 1.54) is 17.0 Å². The summed E-state index contributed by atoms with van der Waals surface area (Å²) < 4.78 is 0. The number of hydrogen-bond donors (Lipinski definition) is 1. The van der Waals surface area contributed by atoms with E-state index < -0.39 is 0 Å². The van der Waals surface area contributed by atoms with Crippen molar-refractivity contribution in [1.29, 1.82) is 0 Å². The summed E-state index contributed by atoms with van der Waals surface area (Å²) >= 11 is 1.85. The lowest BCUT2D eigenvalue weighted by molar-refractivity contribution is -0.120. The van der Waals surface area contributed by atoms with E-state index in [0.29, 0.717) is 17.7 Å². The molecule has 1 unspecified atom stereocenters. The van der Waals surface area contributed by atoms with Gasteiger partial charge in [-0.15, -0.1) is 11.8 Å². The second-order valence-electron chi connectivity index (χ2n) is 7.12. The maximum Gasteiger partial charge on any atom is 0.224 e. The smallest absolute Gasteiger partial charge is 0.224 e. The maximum atomic E-state index is 12.3. The zero-order chi connectivity index (χ0) is 18.4. The predicted molar refractivity (Wildman–Crippen MR) is 111 cm³/mol. The van der Waals surface area contributed by atoms with Gasteiger partial charge in [0.1, 0.15) is 0 Å². The van der Waals surface area contributed by atoms with Gasteiger partial charge in [-0.3, -0.25) is 4.79 Å². The molecule has 138 valence electrons. The van der Waals surface area contributed by atoms with Crippen LogP contribution >= 0.6 is 11.8 Å². The fourth-order valence-electron chi connectivity index (χ4n) is 3.44. The van der Waals surface area contributed by atoms with Crippen molar-refractivity contribution in [2.24, 2.45) is 0 Å². The number of carbonyl (C=O) groups excluding carboxylic acids is 1. The van der Waals surface area contributed by atoms with Gasteiger partial charge < -0.3 is 10.2 Å². The molecule has 1 fully saturated rings. The zero-order valence-corrected chi connectivity index (χ0v) is 16.5. The molecule has 0 radical (unpaired) electrons. The van der Waals surface area contributed by atoms with Crippen LogP contribution in [0.15, 0.2) is 59.5 Å². The number of para-hydroxylation sites is 1. The average molecular weight is 369 g/mol. The molecule has 2 aromatic carbocycles. The van der Waals surface area contributed by atoms with Crippen LogP contribution in [0.3, 0.4) is 0 Å². The fraction of sp³-hybridized carbons (Fsp3) is 0.409. The Morgan fingerprint density at radius 2 is 1.88 bits per heavy atom. The fourth-order valence-corrected chi connectivity index (χ4v) is 4.28. The van der Waals surface area contributed by atoms with Gasteiger partial charge >= 0.3 is 0 Å². The van der Waals surface area contributed by atoms with E-state index in [0.717, 1.165) is 25.1 Å². The van der Waals surface area contributed by atoms with Crippen molar-refractivity contribution in [3.63, 3.8) is 0 Å². The number of nitrogens with zero attached hydrogens (tertiary/aromatic N) is 1. The highest BCUT2D eigenvalue weighted by Crippen LogP contribution is 2.25. The van der Waals surface area contributed by atoms with Crippen LogP contribution in [0.1, 0.15) is 32.3 Å². The lowest BCUT2D eigenvalue weighted by Crippen LogP contribution is -2.40. The van der Waals surface area contributed by atoms with Crippen LogP contribution in [0.25, 0.3) is 0 Å². The number of thioether (sulfide) groups is 1. The molecule has 0 spiro atoms. The third kappa shape index (κ3) is 5.28. The number of nitrogens with one attached hydrogen (secondary N) is 1. The molecule has 1 aliphatic heterocycles. The summed E-state index contributed by atoms with van der Waals surface area (Å²) in [4.78, 5) is 16.0. The first-order valence-corrected chi connectivity index (χ1v) is 10.3. The van der Waals surface area contributed by atoms with Gasteiger partial charge in [-0.1, -0.05) is 44.2 Å². The molecule has 1 saturated heterocycles. The van der Waals surface area contributed by atoms with Crippen LogP contribution in [0.5, 0.6) is 0 Å². The summed E-state index contributed by atoms with van der Waals surface area (Å²) in [6.45, 7) is 6.16. The molecule has 0 bridgehead atoms. The molecule has 2 aromatic rings. The first-order chi connectivity index (χ1) is 12.6. The van der Waals surface area contributed by atoms with Crippen molar-refractivity contribution in [3.8, 4) is 0 Å². The minimum atomic E-state index is 0.106. The minimum absolute atomic E-state index is 0.106. The molecule has 26 heavy (non-hydrogen) atoms. The largest absolute Gasteiger partial charge is 0.367 e. The maximum absolute atomic E-state index is 12.3. The number of benzene rings is 2. The minimum Gasteiger partial charge on any atom is -0.367 e. The number of carbonyl (C=O) groups is 1. The molecule has 4 heteroatoms.